The molecule has 0 saturated heterocycles. The molecule has 1 nitrogen and oxygen atoms in total. The lowest BCUT2D eigenvalue weighted by molar-refractivity contribution is 1.24. The molecule has 1 rings (SSSR count). The molecule has 0 unspecified atom stereocenters. The molecule has 0 fully saturated rings. The molecular weight excluding hydrogens is 146 g/mol. The molecule has 0 saturated carbocycles. The predicted molar refractivity (Wildman–Crippen MR) is 53.8 cm³/mol. The van der Waals surface area contributed by atoms with Crippen LogP contribution in [0, 0.1) is 6.92 Å². The van der Waals surface area contributed by atoms with E-state index >= 15 is 0 Å². The summed E-state index contributed by atoms with van der Waals surface area (Å²) in [5, 5.41) is 0. The highest BCUT2D eigenvalue weighted by molar-refractivity contribution is 5.72. The lowest BCUT2D eigenvalue weighted by atomic mass is 10.00. The van der Waals surface area contributed by atoms with Crippen molar-refractivity contribution < 1.29 is 0 Å². The van der Waals surface area contributed by atoms with E-state index in [9.17, 15) is 0 Å². The summed E-state index contributed by atoms with van der Waals surface area (Å²) in [6, 6.07) is 0. The van der Waals surface area contributed by atoms with Crippen molar-refractivity contribution in [1.82, 2.24) is 4.98 Å². The van der Waals surface area contributed by atoms with Gasteiger partial charge in [0, 0.05) is 12.4 Å². The Balaban J connectivity index is 3.39. The van der Waals surface area contributed by atoms with Gasteiger partial charge in [-0.2, -0.15) is 0 Å². The Hall–Kier alpha value is -1.37. The first-order valence-corrected chi connectivity index (χ1v) is 3.89. The predicted octanol–water partition coefficient (Wildman–Crippen LogP) is 3.07. The molecule has 0 atom stereocenters. The van der Waals surface area contributed by atoms with Crippen molar-refractivity contribution in [3.63, 3.8) is 0 Å². The maximum atomic E-state index is 4.09. The van der Waals surface area contributed by atoms with Crippen molar-refractivity contribution in [2.45, 2.75) is 13.8 Å². The summed E-state index contributed by atoms with van der Waals surface area (Å²) < 4.78 is 0. The third-order valence-electron chi connectivity index (χ3n) is 1.81. The van der Waals surface area contributed by atoms with Crippen LogP contribution in [-0.2, 0) is 0 Å². The van der Waals surface area contributed by atoms with Crippen LogP contribution in [0.5, 0.6) is 0 Å². The maximum Gasteiger partial charge on any atom is 0.0346 e. The zero-order valence-corrected chi connectivity index (χ0v) is 7.59. The zero-order valence-electron chi connectivity index (χ0n) is 7.59. The Labute approximate surface area is 73.5 Å². The van der Waals surface area contributed by atoms with E-state index in [2.05, 4.69) is 18.1 Å². The van der Waals surface area contributed by atoms with Crippen molar-refractivity contribution in [3.05, 3.63) is 42.2 Å². The monoisotopic (exact) mass is 159 g/mol. The van der Waals surface area contributed by atoms with Gasteiger partial charge in [-0.15, -0.1) is 0 Å². The van der Waals surface area contributed by atoms with Crippen LogP contribution in [0.1, 0.15) is 23.6 Å². The van der Waals surface area contributed by atoms with Crippen molar-refractivity contribution in [2.75, 3.05) is 0 Å². The number of pyridine rings is 1. The number of hydrogen-bond donors (Lipinski definition) is 0. The normalized spacial score (nSPS) is 9.50. The number of aromatic nitrogens is 1. The van der Waals surface area contributed by atoms with E-state index < -0.39 is 0 Å². The Morgan fingerprint density at radius 3 is 2.58 bits per heavy atom. The van der Waals surface area contributed by atoms with E-state index in [1.165, 1.54) is 5.56 Å². The topological polar surface area (TPSA) is 12.9 Å². The maximum absolute atomic E-state index is 4.09. The molecule has 0 aliphatic carbocycles. The smallest absolute Gasteiger partial charge is 0.0346 e. The quantitative estimate of drug-likeness (QED) is 0.646. The van der Waals surface area contributed by atoms with Crippen LogP contribution in [0.25, 0.3) is 11.6 Å². The average Bonchev–Trinajstić information content (AvgIpc) is 2.03. The van der Waals surface area contributed by atoms with Crippen LogP contribution in [0.2, 0.25) is 0 Å². The summed E-state index contributed by atoms with van der Waals surface area (Å²) in [4.78, 5) is 4.09. The Morgan fingerprint density at radius 2 is 2.17 bits per heavy atom. The number of nitrogens with zero attached hydrogens (tertiary/aromatic N) is 1. The SMILES string of the molecule is C=Cc1cncc(C)c1C(=C)C. The summed E-state index contributed by atoms with van der Waals surface area (Å²) in [7, 11) is 0. The Kier molecular flexibility index (Phi) is 2.44. The first kappa shape index (κ1) is 8.72. The van der Waals surface area contributed by atoms with Gasteiger partial charge in [0.1, 0.15) is 0 Å². The lowest BCUT2D eigenvalue weighted by Gasteiger charge is -2.07. The Morgan fingerprint density at radius 1 is 1.50 bits per heavy atom. The van der Waals surface area contributed by atoms with Gasteiger partial charge in [0.05, 0.1) is 0 Å². The van der Waals surface area contributed by atoms with Crippen molar-refractivity contribution in [1.29, 1.82) is 0 Å². The number of hydrogen-bond acceptors (Lipinski definition) is 1. The van der Waals surface area contributed by atoms with Gasteiger partial charge in [0.15, 0.2) is 0 Å². The summed E-state index contributed by atoms with van der Waals surface area (Å²) in [5.74, 6) is 0. The highest BCUT2D eigenvalue weighted by atomic mass is 14.6. The third kappa shape index (κ3) is 1.45. The molecule has 0 bridgehead atoms. The molecular formula is C11H13N. The molecule has 0 aliphatic rings. The van der Waals surface area contributed by atoms with E-state index in [0.717, 1.165) is 16.7 Å². The van der Waals surface area contributed by atoms with Gasteiger partial charge in [-0.3, -0.25) is 4.98 Å². The molecule has 1 aromatic heterocycles. The summed E-state index contributed by atoms with van der Waals surface area (Å²) in [5.41, 5.74) is 4.44. The van der Waals surface area contributed by atoms with E-state index in [0.29, 0.717) is 0 Å². The summed E-state index contributed by atoms with van der Waals surface area (Å²) in [6.07, 6.45) is 5.46. The fourth-order valence-corrected chi connectivity index (χ4v) is 1.32. The molecule has 1 heteroatoms. The van der Waals surface area contributed by atoms with Gasteiger partial charge in [-0.25, -0.2) is 0 Å². The van der Waals surface area contributed by atoms with Crippen LogP contribution < -0.4 is 0 Å². The van der Waals surface area contributed by atoms with Crippen LogP contribution in [0.3, 0.4) is 0 Å². The first-order chi connectivity index (χ1) is 5.66. The molecule has 1 heterocycles. The summed E-state index contributed by atoms with van der Waals surface area (Å²) in [6.45, 7) is 11.7. The van der Waals surface area contributed by atoms with Gasteiger partial charge in [-0.1, -0.05) is 24.8 Å². The molecule has 0 spiro atoms. The fourth-order valence-electron chi connectivity index (χ4n) is 1.32. The average molecular weight is 159 g/mol. The third-order valence-corrected chi connectivity index (χ3v) is 1.81. The van der Waals surface area contributed by atoms with Crippen molar-refractivity contribution in [3.8, 4) is 0 Å². The van der Waals surface area contributed by atoms with E-state index in [-0.39, 0.29) is 0 Å². The fraction of sp³-hybridized carbons (Fsp3) is 0.182. The second kappa shape index (κ2) is 3.35. The molecule has 62 valence electrons. The van der Waals surface area contributed by atoms with Crippen molar-refractivity contribution in [2.24, 2.45) is 0 Å². The molecule has 12 heavy (non-hydrogen) atoms. The summed E-state index contributed by atoms with van der Waals surface area (Å²) >= 11 is 0. The zero-order chi connectivity index (χ0) is 9.14. The highest BCUT2D eigenvalue weighted by Crippen LogP contribution is 2.20. The molecule has 0 aromatic carbocycles. The standard InChI is InChI=1S/C11H13N/c1-5-10-7-12-6-9(4)11(10)8(2)3/h5-7H,1-2H2,3-4H3. The molecule has 0 amide bonds. The lowest BCUT2D eigenvalue weighted by Crippen LogP contribution is -1.91. The second-order valence-electron chi connectivity index (χ2n) is 2.91. The first-order valence-electron chi connectivity index (χ1n) is 3.89. The number of allylic oxidation sites excluding steroid dienone is 1. The van der Waals surface area contributed by atoms with E-state index in [1.807, 2.05) is 32.3 Å². The second-order valence-corrected chi connectivity index (χ2v) is 2.91. The van der Waals surface area contributed by atoms with E-state index in [4.69, 9.17) is 0 Å². The van der Waals surface area contributed by atoms with Gasteiger partial charge in [0.25, 0.3) is 0 Å². The van der Waals surface area contributed by atoms with Gasteiger partial charge < -0.3 is 0 Å². The van der Waals surface area contributed by atoms with Gasteiger partial charge in [-0.05, 0) is 30.5 Å². The van der Waals surface area contributed by atoms with Crippen LogP contribution >= 0.6 is 0 Å². The minimum Gasteiger partial charge on any atom is -0.264 e. The molecule has 0 radical (unpaired) electrons. The molecule has 0 N–H and O–H groups in total. The minimum atomic E-state index is 1.06. The largest absolute Gasteiger partial charge is 0.264 e. The Bertz CT molecular complexity index is 324. The van der Waals surface area contributed by atoms with Gasteiger partial charge >= 0.3 is 0 Å². The van der Waals surface area contributed by atoms with E-state index in [1.54, 1.807) is 0 Å². The number of aryl methyl sites for hydroxylation is 1. The van der Waals surface area contributed by atoms with Crippen LogP contribution in [-0.4, -0.2) is 4.98 Å². The van der Waals surface area contributed by atoms with Crippen LogP contribution in [0.4, 0.5) is 0 Å². The minimum absolute atomic E-state index is 1.06. The van der Waals surface area contributed by atoms with Gasteiger partial charge in [0.2, 0.25) is 0 Å². The molecule has 1 aromatic rings. The van der Waals surface area contributed by atoms with Crippen LogP contribution in [0.15, 0.2) is 25.6 Å². The highest BCUT2D eigenvalue weighted by Gasteiger charge is 2.02. The number of rotatable bonds is 2. The molecule has 0 aliphatic heterocycles. The van der Waals surface area contributed by atoms with Crippen molar-refractivity contribution >= 4 is 11.6 Å².